The van der Waals surface area contributed by atoms with E-state index in [0.717, 1.165) is 68.5 Å². The van der Waals surface area contributed by atoms with Crippen LogP contribution < -0.4 is 4.74 Å². The summed E-state index contributed by atoms with van der Waals surface area (Å²) in [6.07, 6.45) is -5.72. The number of benzene rings is 6. The third kappa shape index (κ3) is 19.0. The van der Waals surface area contributed by atoms with E-state index in [-0.39, 0.29) is 66.8 Å². The molecule has 0 saturated carbocycles. The third-order valence-corrected chi connectivity index (χ3v) is 11.4. The van der Waals surface area contributed by atoms with Crippen LogP contribution in [0.2, 0.25) is 0 Å². The summed E-state index contributed by atoms with van der Waals surface area (Å²) in [6.45, 7) is 2.37. The minimum Gasteiger partial charge on any atom is -0.508 e. The Morgan fingerprint density at radius 1 is 0.587 bits per heavy atom. The average molecular weight is 1110 g/mol. The Kier molecular flexibility index (Phi) is 25.3. The molecule has 2 aromatic heterocycles. The van der Waals surface area contributed by atoms with Crippen molar-refractivity contribution in [2.45, 2.75) is 85.6 Å². The summed E-state index contributed by atoms with van der Waals surface area (Å²) in [7, 11) is 0. The molecule has 0 bridgehead atoms. The fourth-order valence-corrected chi connectivity index (χ4v) is 7.55. The van der Waals surface area contributed by atoms with E-state index >= 15 is 0 Å². The van der Waals surface area contributed by atoms with E-state index in [2.05, 4.69) is 26.2 Å². The number of esters is 1. The minimum atomic E-state index is -4.37. The normalized spacial score (nSPS) is 11.4. The smallest absolute Gasteiger partial charge is 0.416 e. The number of aromatic hydroxyl groups is 1. The number of ether oxygens (including phenoxy) is 2. The van der Waals surface area contributed by atoms with Gasteiger partial charge in [0.05, 0.1) is 42.0 Å². The van der Waals surface area contributed by atoms with Gasteiger partial charge in [-0.05, 0) is 106 Å². The van der Waals surface area contributed by atoms with Gasteiger partial charge in [0.15, 0.2) is 0 Å². The van der Waals surface area contributed by atoms with Gasteiger partial charge >= 0.3 is 24.3 Å². The van der Waals surface area contributed by atoms with Gasteiger partial charge in [0.2, 0.25) is 0 Å². The van der Waals surface area contributed by atoms with E-state index in [1.165, 1.54) is 36.8 Å². The highest BCUT2D eigenvalue weighted by atomic mass is 79.9. The second-order valence-electron chi connectivity index (χ2n) is 15.7. The molecule has 10 nitrogen and oxygen atoms in total. The molecule has 0 radical (unpaired) electrons. The summed E-state index contributed by atoms with van der Waals surface area (Å²) in [5.74, 6) is -1.13. The van der Waals surface area contributed by atoms with Gasteiger partial charge in [-0.15, -0.1) is 0 Å². The average Bonchev–Trinajstić information content (AvgIpc) is 4.12. The quantitative estimate of drug-likeness (QED) is 0.0578. The minimum absolute atomic E-state index is 0. The van der Waals surface area contributed by atoms with Crippen LogP contribution in [-0.2, 0) is 38.6 Å². The summed E-state index contributed by atoms with van der Waals surface area (Å²) in [4.78, 5) is 22.9. The van der Waals surface area contributed by atoms with Crippen molar-refractivity contribution in [1.82, 2.24) is 10.3 Å². The number of rotatable bonds is 15. The molecule has 2 heterocycles. The lowest BCUT2D eigenvalue weighted by atomic mass is 9.92. The van der Waals surface area contributed by atoms with Crippen LogP contribution in [0, 0.1) is 0 Å². The molecule has 0 fully saturated rings. The Morgan fingerprint density at radius 3 is 1.44 bits per heavy atom. The maximum Gasteiger partial charge on any atom is 0.416 e. The molecule has 2 atom stereocenters. The zero-order valence-corrected chi connectivity index (χ0v) is 39.3. The zero-order valence-electron chi connectivity index (χ0n) is 37.7. The van der Waals surface area contributed by atoms with Crippen LogP contribution in [0.15, 0.2) is 179 Å². The summed E-state index contributed by atoms with van der Waals surface area (Å²) < 4.78 is 96.2. The first kappa shape index (κ1) is 63.5. The van der Waals surface area contributed by atoms with Crippen molar-refractivity contribution >= 4 is 27.9 Å². The number of carbonyl (C=O) groups is 2. The number of hydrogen-bond acceptors (Lipinski definition) is 9. The first-order valence-corrected chi connectivity index (χ1v) is 22.9. The van der Waals surface area contributed by atoms with Crippen molar-refractivity contribution in [3.05, 3.63) is 215 Å². The third-order valence-electron chi connectivity index (χ3n) is 10.8. The lowest BCUT2D eigenvalue weighted by Crippen LogP contribution is -2.11. The number of halogens is 7. The Hall–Kier alpha value is -7.66. The van der Waals surface area contributed by atoms with E-state index in [1.54, 1.807) is 67.6 Å². The molecule has 6 aromatic carbocycles. The number of phenolic OH excluding ortho intramolecular Hbond substituents is 1. The number of carboxylic acids is 1. The highest BCUT2D eigenvalue weighted by Gasteiger charge is 2.31. The Bertz CT molecular complexity index is 2890. The Balaban J connectivity index is 0.000000404. The summed E-state index contributed by atoms with van der Waals surface area (Å²) in [5, 5.41) is 27.0. The first-order chi connectivity index (χ1) is 34.0. The summed E-state index contributed by atoms with van der Waals surface area (Å²) >= 11 is 3.35. The molecule has 0 aliphatic heterocycles. The zero-order chi connectivity index (χ0) is 51.0. The predicted octanol–water partition coefficient (Wildman–Crippen LogP) is 16.8. The summed E-state index contributed by atoms with van der Waals surface area (Å²) in [6, 6.07) is 42.4. The van der Waals surface area contributed by atoms with Crippen molar-refractivity contribution in [3.63, 3.8) is 0 Å². The van der Waals surface area contributed by atoms with Gasteiger partial charge < -0.3 is 28.7 Å². The maximum atomic E-state index is 12.8. The topological polar surface area (TPSA) is 145 Å². The monoisotopic (exact) mass is 1110 g/mol. The predicted molar refractivity (Wildman–Crippen MR) is 282 cm³/mol. The van der Waals surface area contributed by atoms with Crippen LogP contribution in [0.1, 0.15) is 106 Å². The van der Waals surface area contributed by atoms with Crippen LogP contribution >= 0.6 is 15.9 Å². The van der Waals surface area contributed by atoms with Crippen LogP contribution in [-0.4, -0.2) is 39.1 Å². The molecule has 8 aromatic rings. The van der Waals surface area contributed by atoms with Crippen molar-refractivity contribution in [3.8, 4) is 33.8 Å². The van der Waals surface area contributed by atoms with Crippen LogP contribution in [0.4, 0.5) is 26.3 Å². The van der Waals surface area contributed by atoms with E-state index in [9.17, 15) is 46.1 Å². The maximum absolute atomic E-state index is 12.8. The van der Waals surface area contributed by atoms with Crippen LogP contribution in [0.3, 0.4) is 0 Å². The highest BCUT2D eigenvalue weighted by molar-refractivity contribution is 9.08. The van der Waals surface area contributed by atoms with Crippen molar-refractivity contribution in [1.29, 1.82) is 0 Å². The molecule has 0 saturated heterocycles. The molecule has 0 aliphatic rings. The molecule has 400 valence electrons. The van der Waals surface area contributed by atoms with E-state index in [4.69, 9.17) is 18.5 Å². The van der Waals surface area contributed by atoms with Crippen LogP contribution in [0.25, 0.3) is 22.3 Å². The van der Waals surface area contributed by atoms with Gasteiger partial charge in [0, 0.05) is 29.3 Å². The fraction of sp³-hybridized carbons (Fsp3) is 0.241. The van der Waals surface area contributed by atoms with Crippen molar-refractivity contribution in [2.75, 3.05) is 6.61 Å². The number of nitrogens with zero attached hydrogens (tertiary/aromatic N) is 2. The lowest BCUT2D eigenvalue weighted by molar-refractivity contribution is -0.143. The van der Waals surface area contributed by atoms with Gasteiger partial charge in [-0.2, -0.15) is 26.3 Å². The number of carbonyl (C=O) groups excluding carboxylic acids is 1. The largest absolute Gasteiger partial charge is 0.508 e. The number of alkyl halides is 7. The Labute approximate surface area is 442 Å². The number of hydrogen-bond donors (Lipinski definition) is 2. The number of aromatic nitrogens is 2. The second-order valence-corrected chi connectivity index (χ2v) is 16.3. The van der Waals surface area contributed by atoms with Crippen molar-refractivity contribution < 1.29 is 64.7 Å². The fourth-order valence-electron chi connectivity index (χ4n) is 7.20. The standard InChI is InChI=1S/C26H20F3NO4.C14H10BrF3.C14H15NO4.4CH4/c27-26(28,29)21-8-4-18(5-9-21)20-3-1-2-17(14-20)16-33-22-10-6-19(7-11-22)23(15-25(31)32)24-12-13-34-30-24;15-9-10-2-1-3-12(8-10)11-4-6-13(7-5-11)14(16,17)18;1-2-18-14(17)9-12(13-7-8-19-15-13)10-3-5-11(16)6-4-10;;;;/h1-14,23H,15-16H2,(H,31,32);1-8H,9H2;3-8,12,16H,2,9H2,1H3;4*1H4/t23-;;12-;;;;/m0.0..../s1. The van der Waals surface area contributed by atoms with E-state index < -0.39 is 35.4 Å². The second kappa shape index (κ2) is 29.9. The number of aliphatic carboxylic acids is 1. The lowest BCUT2D eigenvalue weighted by Gasteiger charge is -2.14. The van der Waals surface area contributed by atoms with Crippen LogP contribution in [0.5, 0.6) is 11.5 Å². The van der Waals surface area contributed by atoms with Crippen molar-refractivity contribution in [2.24, 2.45) is 0 Å². The molecular formula is C58H61BrF6N2O8. The van der Waals surface area contributed by atoms with Gasteiger partial charge in [0.25, 0.3) is 0 Å². The molecule has 0 unspecified atom stereocenters. The molecular weight excluding hydrogens is 1050 g/mol. The molecule has 2 N–H and O–H groups in total. The van der Waals surface area contributed by atoms with Gasteiger partial charge in [-0.3, -0.25) is 9.59 Å². The number of carboxylic acid groups (broad SMARTS) is 1. The summed E-state index contributed by atoms with van der Waals surface area (Å²) in [5.41, 5.74) is 6.65. The van der Waals surface area contributed by atoms with Gasteiger partial charge in [0.1, 0.15) is 30.6 Å². The molecule has 0 spiro atoms. The number of phenols is 1. The molecule has 8 rings (SSSR count). The molecule has 0 amide bonds. The highest BCUT2D eigenvalue weighted by Crippen LogP contribution is 2.34. The van der Waals surface area contributed by atoms with Gasteiger partial charge in [-0.1, -0.05) is 147 Å². The first-order valence-electron chi connectivity index (χ1n) is 21.8. The molecule has 17 heteroatoms. The van der Waals surface area contributed by atoms with E-state index in [1.807, 2.05) is 48.5 Å². The Morgan fingerprint density at radius 2 is 1.03 bits per heavy atom. The molecule has 0 aliphatic carbocycles. The van der Waals surface area contributed by atoms with Gasteiger partial charge in [-0.25, -0.2) is 0 Å². The molecule has 75 heavy (non-hydrogen) atoms. The SMILES string of the molecule is C.C.C.C.CCOC(=O)C[C@@H](c1ccc(O)cc1)c1ccon1.FC(F)(F)c1ccc(-c2cccc(CBr)c2)cc1.O=C(O)C[C@@H](c1ccc(OCc2cccc(-c3ccc(C(F)(F)F)cc3)c2)cc1)c1ccon1. The van der Waals surface area contributed by atoms with E-state index in [0.29, 0.717) is 29.3 Å².